The summed E-state index contributed by atoms with van der Waals surface area (Å²) in [6.45, 7) is 0.839. The average Bonchev–Trinajstić information content (AvgIpc) is 2.73. The minimum absolute atomic E-state index is 0.136. The van der Waals surface area contributed by atoms with Gasteiger partial charge in [-0.25, -0.2) is 0 Å². The number of nitrogens with zero attached hydrogens (tertiary/aromatic N) is 1. The quantitative estimate of drug-likeness (QED) is 0.871. The van der Waals surface area contributed by atoms with Gasteiger partial charge in [-0.05, 0) is 35.2 Å². The highest BCUT2D eigenvalue weighted by Gasteiger charge is 2.26. The van der Waals surface area contributed by atoms with Gasteiger partial charge in [-0.1, -0.05) is 30.3 Å². The third kappa shape index (κ3) is 2.80. The Bertz CT molecular complexity index is 642. The Morgan fingerprint density at radius 3 is 2.41 bits per heavy atom. The van der Waals surface area contributed by atoms with Crippen LogP contribution in [0.25, 0.3) is 0 Å². The first-order valence-electron chi connectivity index (χ1n) is 7.40. The first kappa shape index (κ1) is 14.9. The molecule has 0 amide bonds. The molecule has 1 atom stereocenters. The summed E-state index contributed by atoms with van der Waals surface area (Å²) < 4.78 is 10.9. The summed E-state index contributed by atoms with van der Waals surface area (Å²) in [4.78, 5) is 6.13. The van der Waals surface area contributed by atoms with Crippen molar-refractivity contribution in [1.29, 1.82) is 0 Å². The molecule has 0 aliphatic carbocycles. The predicted octanol–water partition coefficient (Wildman–Crippen LogP) is 3.21. The number of benzene rings is 2. The second kappa shape index (κ2) is 6.38. The monoisotopic (exact) mass is 299 g/mol. The number of methoxy groups -OCH3 is 2. The van der Waals surface area contributed by atoms with E-state index in [2.05, 4.69) is 18.2 Å². The molecule has 0 bridgehead atoms. The van der Waals surface area contributed by atoms with Crippen LogP contribution in [0.4, 0.5) is 0 Å². The van der Waals surface area contributed by atoms with Crippen LogP contribution in [0.2, 0.25) is 0 Å². The van der Waals surface area contributed by atoms with Crippen molar-refractivity contribution in [1.82, 2.24) is 5.06 Å². The van der Waals surface area contributed by atoms with Gasteiger partial charge in [0.2, 0.25) is 0 Å². The van der Waals surface area contributed by atoms with Crippen molar-refractivity contribution >= 4 is 0 Å². The Kier molecular flexibility index (Phi) is 4.32. The van der Waals surface area contributed by atoms with E-state index in [1.165, 1.54) is 5.56 Å². The zero-order chi connectivity index (χ0) is 15.5. The Hall–Kier alpha value is -2.04. The predicted molar refractivity (Wildman–Crippen MR) is 85.3 cm³/mol. The fraction of sp³-hybridized carbons (Fsp3) is 0.333. The molecule has 1 heterocycles. The molecule has 22 heavy (non-hydrogen) atoms. The minimum Gasteiger partial charge on any atom is -0.493 e. The van der Waals surface area contributed by atoms with Gasteiger partial charge in [-0.15, -0.1) is 0 Å². The van der Waals surface area contributed by atoms with Gasteiger partial charge in [0.05, 0.1) is 14.2 Å². The van der Waals surface area contributed by atoms with E-state index >= 15 is 0 Å². The molecule has 2 aromatic carbocycles. The molecule has 0 aromatic heterocycles. The van der Waals surface area contributed by atoms with Gasteiger partial charge < -0.3 is 9.47 Å². The van der Waals surface area contributed by atoms with E-state index in [1.807, 2.05) is 36.4 Å². The molecule has 0 radical (unpaired) electrons. The fourth-order valence-electron chi connectivity index (χ4n) is 2.83. The van der Waals surface area contributed by atoms with Gasteiger partial charge in [0.15, 0.2) is 11.5 Å². The van der Waals surface area contributed by atoms with Crippen molar-refractivity contribution in [3.63, 3.8) is 0 Å². The smallest absolute Gasteiger partial charge is 0.161 e. The van der Waals surface area contributed by atoms with Gasteiger partial charge in [0.25, 0.3) is 0 Å². The van der Waals surface area contributed by atoms with Crippen molar-refractivity contribution in [2.24, 2.45) is 0 Å². The van der Waals surface area contributed by atoms with Crippen LogP contribution in [0, 0.1) is 0 Å². The summed E-state index contributed by atoms with van der Waals surface area (Å²) >= 11 is 0. The number of ether oxygens (including phenoxy) is 2. The number of hydroxylamine groups is 2. The molecule has 1 aliphatic heterocycles. The zero-order valence-electron chi connectivity index (χ0n) is 13.2. The highest BCUT2D eigenvalue weighted by atomic mass is 16.7. The molecule has 116 valence electrons. The van der Waals surface area contributed by atoms with E-state index in [1.54, 1.807) is 14.2 Å². The number of likely N-dealkylation sites (N-methyl/N-ethyl adjacent to an activating group) is 1. The maximum atomic E-state index is 6.13. The van der Waals surface area contributed by atoms with Gasteiger partial charge >= 0.3 is 0 Å². The van der Waals surface area contributed by atoms with E-state index in [0.29, 0.717) is 0 Å². The number of fused-ring (bicyclic) bond motifs is 1. The number of hydrogen-bond acceptors (Lipinski definition) is 4. The molecule has 0 fully saturated rings. The molecule has 0 saturated carbocycles. The summed E-state index contributed by atoms with van der Waals surface area (Å²) in [6, 6.07) is 14.3. The van der Waals surface area contributed by atoms with Gasteiger partial charge in [0, 0.05) is 13.6 Å². The van der Waals surface area contributed by atoms with Crippen LogP contribution in [-0.2, 0) is 11.3 Å². The lowest BCUT2D eigenvalue weighted by Gasteiger charge is -2.23. The fourth-order valence-corrected chi connectivity index (χ4v) is 2.83. The van der Waals surface area contributed by atoms with Crippen LogP contribution < -0.4 is 9.47 Å². The largest absolute Gasteiger partial charge is 0.493 e. The van der Waals surface area contributed by atoms with Crippen LogP contribution >= 0.6 is 0 Å². The van der Waals surface area contributed by atoms with E-state index in [9.17, 15) is 0 Å². The summed E-state index contributed by atoms with van der Waals surface area (Å²) in [5.74, 6) is 1.49. The molecular weight excluding hydrogens is 278 g/mol. The third-order valence-corrected chi connectivity index (χ3v) is 4.01. The summed E-state index contributed by atoms with van der Waals surface area (Å²) in [5.41, 5.74) is 3.49. The Balaban J connectivity index is 2.12. The molecule has 4 nitrogen and oxygen atoms in total. The lowest BCUT2D eigenvalue weighted by molar-refractivity contribution is -0.166. The van der Waals surface area contributed by atoms with Crippen molar-refractivity contribution in [2.45, 2.75) is 12.5 Å². The lowest BCUT2D eigenvalue weighted by Crippen LogP contribution is -2.21. The SMILES string of the molecule is COc1cc2c(cc1OC)[C@H](c1ccccc1)ON(C)CC2. The topological polar surface area (TPSA) is 30.9 Å². The Morgan fingerprint density at radius 1 is 1.05 bits per heavy atom. The van der Waals surface area contributed by atoms with Crippen LogP contribution in [0.1, 0.15) is 22.8 Å². The number of hydrogen-bond donors (Lipinski definition) is 0. The van der Waals surface area contributed by atoms with Crippen LogP contribution in [0.3, 0.4) is 0 Å². The molecule has 3 rings (SSSR count). The minimum atomic E-state index is -0.136. The molecule has 4 heteroatoms. The molecule has 0 unspecified atom stereocenters. The van der Waals surface area contributed by atoms with Gasteiger partial charge in [-0.3, -0.25) is 4.84 Å². The van der Waals surface area contributed by atoms with Crippen LogP contribution in [-0.4, -0.2) is 32.9 Å². The average molecular weight is 299 g/mol. The Morgan fingerprint density at radius 2 is 1.73 bits per heavy atom. The van der Waals surface area contributed by atoms with Crippen molar-refractivity contribution in [2.75, 3.05) is 27.8 Å². The zero-order valence-corrected chi connectivity index (χ0v) is 13.2. The highest BCUT2D eigenvalue weighted by molar-refractivity contribution is 5.50. The first-order valence-corrected chi connectivity index (χ1v) is 7.40. The van der Waals surface area contributed by atoms with Crippen molar-refractivity contribution < 1.29 is 14.3 Å². The third-order valence-electron chi connectivity index (χ3n) is 4.01. The second-order valence-electron chi connectivity index (χ2n) is 5.40. The molecular formula is C18H21NO3. The lowest BCUT2D eigenvalue weighted by atomic mass is 9.95. The molecule has 0 saturated heterocycles. The second-order valence-corrected chi connectivity index (χ2v) is 5.40. The molecule has 2 aromatic rings. The van der Waals surface area contributed by atoms with E-state index < -0.39 is 0 Å². The molecule has 1 aliphatic rings. The van der Waals surface area contributed by atoms with Gasteiger partial charge in [-0.2, -0.15) is 5.06 Å². The standard InChI is InChI=1S/C18H21NO3/c1-19-10-9-14-11-16(20-2)17(21-3)12-15(14)18(22-19)13-7-5-4-6-8-13/h4-8,11-12,18H,9-10H2,1-3H3/t18-/m0/s1. The summed E-state index contributed by atoms with van der Waals surface area (Å²) in [7, 11) is 5.29. The first-order chi connectivity index (χ1) is 10.7. The van der Waals surface area contributed by atoms with E-state index in [0.717, 1.165) is 35.6 Å². The Labute approximate surface area is 131 Å². The maximum absolute atomic E-state index is 6.13. The van der Waals surface area contributed by atoms with Crippen LogP contribution in [0.5, 0.6) is 11.5 Å². The highest BCUT2D eigenvalue weighted by Crippen LogP contribution is 2.38. The maximum Gasteiger partial charge on any atom is 0.161 e. The van der Waals surface area contributed by atoms with Crippen molar-refractivity contribution in [3.05, 3.63) is 59.2 Å². The molecule has 0 spiro atoms. The summed E-state index contributed by atoms with van der Waals surface area (Å²) in [6.07, 6.45) is 0.777. The number of rotatable bonds is 3. The van der Waals surface area contributed by atoms with Crippen molar-refractivity contribution in [3.8, 4) is 11.5 Å². The normalized spacial score (nSPS) is 18.4. The van der Waals surface area contributed by atoms with Crippen LogP contribution in [0.15, 0.2) is 42.5 Å². The summed E-state index contributed by atoms with van der Waals surface area (Å²) in [5, 5.41) is 1.90. The van der Waals surface area contributed by atoms with E-state index in [-0.39, 0.29) is 6.10 Å². The van der Waals surface area contributed by atoms with Gasteiger partial charge in [0.1, 0.15) is 6.10 Å². The van der Waals surface area contributed by atoms with E-state index in [4.69, 9.17) is 14.3 Å². The molecule has 0 N–H and O–H groups in total.